The molecule has 158 valence electrons. The van der Waals surface area contributed by atoms with Crippen LogP contribution in [-0.4, -0.2) is 29.0 Å². The van der Waals surface area contributed by atoms with Crippen molar-refractivity contribution in [2.75, 3.05) is 6.54 Å². The van der Waals surface area contributed by atoms with Gasteiger partial charge in [-0.05, 0) is 19.8 Å². The van der Waals surface area contributed by atoms with Crippen LogP contribution in [0, 0.1) is 5.92 Å². The number of hydrogen-bond donors (Lipinski definition) is 0. The molecule has 2 unspecified atom stereocenters. The van der Waals surface area contributed by atoms with Crippen LogP contribution in [0.4, 0.5) is 0 Å². The molecule has 1 saturated heterocycles. The molecule has 0 saturated carbocycles. The minimum absolute atomic E-state index is 0.0752. The molecule has 4 nitrogen and oxygen atoms in total. The van der Waals surface area contributed by atoms with Crippen molar-refractivity contribution in [2.45, 2.75) is 123 Å². The van der Waals surface area contributed by atoms with Crippen LogP contribution in [0.25, 0.3) is 0 Å². The maximum Gasteiger partial charge on any atom is 0.327 e. The third kappa shape index (κ3) is 8.23. The Balaban J connectivity index is 2.41. The normalized spacial score (nSPS) is 20.7. The third-order valence-electron chi connectivity index (χ3n) is 6.09. The lowest BCUT2D eigenvalue weighted by molar-refractivity contribution is -0.166. The summed E-state index contributed by atoms with van der Waals surface area (Å²) in [4.78, 5) is 26.4. The number of hydrogen-bond acceptors (Lipinski definition) is 3. The molecular weight excluding hydrogens is 338 g/mol. The minimum atomic E-state index is -0.764. The van der Waals surface area contributed by atoms with Gasteiger partial charge in [0.15, 0.2) is 5.72 Å². The Morgan fingerprint density at radius 2 is 1.48 bits per heavy atom. The first-order valence-corrected chi connectivity index (χ1v) is 11.5. The van der Waals surface area contributed by atoms with E-state index in [2.05, 4.69) is 20.8 Å². The largest absolute Gasteiger partial charge is 0.437 e. The second-order valence-corrected chi connectivity index (χ2v) is 8.48. The number of carbonyl (C=O) groups excluding carboxylic acids is 2. The molecule has 0 spiro atoms. The van der Waals surface area contributed by atoms with Crippen molar-refractivity contribution in [2.24, 2.45) is 5.92 Å². The minimum Gasteiger partial charge on any atom is -0.437 e. The SMILES string of the molecule is CCCCCCCCCC(C)C1(C)OC(=O)CN1C(=O)CCCCCCC. The molecule has 0 aromatic rings. The molecule has 4 heteroatoms. The second-order valence-electron chi connectivity index (χ2n) is 8.48. The predicted molar refractivity (Wildman–Crippen MR) is 111 cm³/mol. The van der Waals surface area contributed by atoms with Gasteiger partial charge in [-0.15, -0.1) is 0 Å². The number of cyclic esters (lactones) is 1. The molecule has 0 N–H and O–H groups in total. The standard InChI is InChI=1S/C23H43NO3/c1-5-7-9-11-12-14-15-17-20(3)23(4)24(19-22(26)27-23)21(25)18-16-13-10-8-6-2/h20H,5-19H2,1-4H3. The zero-order valence-corrected chi connectivity index (χ0v) is 18.4. The van der Waals surface area contributed by atoms with Crippen molar-refractivity contribution in [1.29, 1.82) is 0 Å². The molecule has 0 bridgehead atoms. The van der Waals surface area contributed by atoms with Gasteiger partial charge in [0.1, 0.15) is 6.54 Å². The average Bonchev–Trinajstić information content (AvgIpc) is 2.96. The van der Waals surface area contributed by atoms with Crippen molar-refractivity contribution in [3.8, 4) is 0 Å². The fraction of sp³-hybridized carbons (Fsp3) is 0.913. The monoisotopic (exact) mass is 381 g/mol. The molecule has 0 aromatic heterocycles. The van der Waals surface area contributed by atoms with Crippen LogP contribution >= 0.6 is 0 Å². The predicted octanol–water partition coefficient (Wildman–Crippen LogP) is 6.23. The van der Waals surface area contributed by atoms with Crippen LogP contribution in [-0.2, 0) is 14.3 Å². The van der Waals surface area contributed by atoms with Gasteiger partial charge in [-0.1, -0.05) is 91.4 Å². The molecule has 1 amide bonds. The lowest BCUT2D eigenvalue weighted by Crippen LogP contribution is -2.50. The van der Waals surface area contributed by atoms with Gasteiger partial charge >= 0.3 is 5.97 Å². The Kier molecular flexibility index (Phi) is 11.7. The lowest BCUT2D eigenvalue weighted by atomic mass is 9.91. The summed E-state index contributed by atoms with van der Waals surface area (Å²) in [7, 11) is 0. The Morgan fingerprint density at radius 3 is 2.07 bits per heavy atom. The van der Waals surface area contributed by atoms with E-state index in [1.807, 2.05) is 6.92 Å². The van der Waals surface area contributed by atoms with Crippen LogP contribution in [0.5, 0.6) is 0 Å². The summed E-state index contributed by atoms with van der Waals surface area (Å²) in [5.74, 6) is -0.0156. The van der Waals surface area contributed by atoms with E-state index in [9.17, 15) is 9.59 Å². The van der Waals surface area contributed by atoms with Gasteiger partial charge in [-0.25, -0.2) is 0 Å². The fourth-order valence-corrected chi connectivity index (χ4v) is 4.00. The molecule has 0 aromatic carbocycles. The third-order valence-corrected chi connectivity index (χ3v) is 6.09. The summed E-state index contributed by atoms with van der Waals surface area (Å²) in [5, 5.41) is 0. The van der Waals surface area contributed by atoms with Gasteiger partial charge in [0.05, 0.1) is 0 Å². The number of nitrogens with zero attached hydrogens (tertiary/aromatic N) is 1. The van der Waals surface area contributed by atoms with Gasteiger partial charge in [-0.2, -0.15) is 0 Å². The number of esters is 1. The second kappa shape index (κ2) is 13.2. The van der Waals surface area contributed by atoms with Crippen molar-refractivity contribution in [3.05, 3.63) is 0 Å². The van der Waals surface area contributed by atoms with Gasteiger partial charge in [0.2, 0.25) is 5.91 Å². The maximum atomic E-state index is 12.7. The fourth-order valence-electron chi connectivity index (χ4n) is 4.00. The Bertz CT molecular complexity index is 437. The van der Waals surface area contributed by atoms with E-state index >= 15 is 0 Å². The summed E-state index contributed by atoms with van der Waals surface area (Å²) in [6, 6.07) is 0. The first-order chi connectivity index (χ1) is 13.0. The summed E-state index contributed by atoms with van der Waals surface area (Å²) < 4.78 is 5.67. The lowest BCUT2D eigenvalue weighted by Gasteiger charge is -2.37. The Hall–Kier alpha value is -1.06. The van der Waals surface area contributed by atoms with Gasteiger partial charge < -0.3 is 4.74 Å². The van der Waals surface area contributed by atoms with Crippen molar-refractivity contribution in [3.63, 3.8) is 0 Å². The highest BCUT2D eigenvalue weighted by Crippen LogP contribution is 2.35. The van der Waals surface area contributed by atoms with Crippen LogP contribution in [0.2, 0.25) is 0 Å². The van der Waals surface area contributed by atoms with E-state index in [0.29, 0.717) is 6.42 Å². The van der Waals surface area contributed by atoms with E-state index in [0.717, 1.165) is 25.7 Å². The maximum absolute atomic E-state index is 12.7. The molecule has 1 aliphatic heterocycles. The molecule has 1 aliphatic rings. The first-order valence-electron chi connectivity index (χ1n) is 11.5. The van der Waals surface area contributed by atoms with E-state index < -0.39 is 5.72 Å². The summed E-state index contributed by atoms with van der Waals surface area (Å²) >= 11 is 0. The molecular formula is C23H43NO3. The van der Waals surface area contributed by atoms with E-state index in [-0.39, 0.29) is 24.3 Å². The number of carbonyl (C=O) groups is 2. The van der Waals surface area contributed by atoms with Crippen molar-refractivity contribution < 1.29 is 14.3 Å². The molecule has 2 atom stereocenters. The van der Waals surface area contributed by atoms with Crippen LogP contribution < -0.4 is 0 Å². The van der Waals surface area contributed by atoms with Crippen molar-refractivity contribution in [1.82, 2.24) is 4.90 Å². The number of rotatable bonds is 15. The van der Waals surface area contributed by atoms with Crippen LogP contribution in [0.15, 0.2) is 0 Å². The van der Waals surface area contributed by atoms with E-state index in [1.165, 1.54) is 57.8 Å². The number of amides is 1. The van der Waals surface area contributed by atoms with E-state index in [4.69, 9.17) is 4.74 Å². The van der Waals surface area contributed by atoms with Crippen molar-refractivity contribution >= 4 is 11.9 Å². The van der Waals surface area contributed by atoms with Gasteiger partial charge in [0.25, 0.3) is 0 Å². The number of unbranched alkanes of at least 4 members (excludes halogenated alkanes) is 10. The molecule has 0 radical (unpaired) electrons. The molecule has 0 aliphatic carbocycles. The zero-order chi connectivity index (χ0) is 20.1. The van der Waals surface area contributed by atoms with Crippen LogP contribution in [0.3, 0.4) is 0 Å². The van der Waals surface area contributed by atoms with E-state index in [1.54, 1.807) is 4.90 Å². The summed E-state index contributed by atoms with van der Waals surface area (Å²) in [6.07, 6.45) is 16.1. The smallest absolute Gasteiger partial charge is 0.327 e. The number of ether oxygens (including phenoxy) is 1. The van der Waals surface area contributed by atoms with Gasteiger partial charge in [-0.3, -0.25) is 14.5 Å². The van der Waals surface area contributed by atoms with Crippen LogP contribution in [0.1, 0.15) is 118 Å². The molecule has 1 heterocycles. The highest BCUT2D eigenvalue weighted by atomic mass is 16.6. The molecule has 27 heavy (non-hydrogen) atoms. The molecule has 1 rings (SSSR count). The summed E-state index contributed by atoms with van der Waals surface area (Å²) in [6.45, 7) is 8.60. The first kappa shape index (κ1) is 24.0. The van der Waals surface area contributed by atoms with Gasteiger partial charge in [0, 0.05) is 12.3 Å². The zero-order valence-electron chi connectivity index (χ0n) is 18.4. The quantitative estimate of drug-likeness (QED) is 0.250. The Morgan fingerprint density at radius 1 is 0.963 bits per heavy atom. The molecule has 1 fully saturated rings. The highest BCUT2D eigenvalue weighted by molar-refractivity contribution is 5.85. The topological polar surface area (TPSA) is 46.6 Å². The summed E-state index contributed by atoms with van der Waals surface area (Å²) in [5.41, 5.74) is -0.764. The highest BCUT2D eigenvalue weighted by Gasteiger charge is 2.49. The average molecular weight is 382 g/mol. The Labute approximate surface area is 167 Å².